The first-order chi connectivity index (χ1) is 16.9. The number of hydrogen-bond acceptors (Lipinski definition) is 4. The van der Waals surface area contributed by atoms with E-state index in [1.807, 2.05) is 49.4 Å². The van der Waals surface area contributed by atoms with Crippen LogP contribution in [-0.4, -0.2) is 31.6 Å². The second-order valence-corrected chi connectivity index (χ2v) is 10.9. The van der Waals surface area contributed by atoms with Gasteiger partial charge in [0.1, 0.15) is 0 Å². The first-order valence-corrected chi connectivity index (χ1v) is 13.4. The highest BCUT2D eigenvalue weighted by atomic mass is 32.2. The molecule has 178 valence electrons. The maximum atomic E-state index is 13.0. The normalized spacial score (nSPS) is 15.5. The van der Waals surface area contributed by atoms with Crippen LogP contribution >= 0.6 is 0 Å². The van der Waals surface area contributed by atoms with Crippen LogP contribution in [0.4, 0.5) is 11.4 Å². The van der Waals surface area contributed by atoms with Gasteiger partial charge in [-0.15, -0.1) is 0 Å². The Morgan fingerprint density at radius 1 is 0.943 bits per heavy atom. The Morgan fingerprint density at radius 2 is 1.74 bits per heavy atom. The predicted octanol–water partition coefficient (Wildman–Crippen LogP) is 5.78. The molecule has 2 heterocycles. The van der Waals surface area contributed by atoms with Crippen molar-refractivity contribution in [3.05, 3.63) is 90.1 Å². The Hall–Kier alpha value is -3.71. The molecule has 0 aliphatic carbocycles. The van der Waals surface area contributed by atoms with Gasteiger partial charge >= 0.3 is 0 Å². The van der Waals surface area contributed by atoms with Crippen molar-refractivity contribution in [1.82, 2.24) is 4.98 Å². The number of pyridine rings is 1. The summed E-state index contributed by atoms with van der Waals surface area (Å²) < 4.78 is 26.6. The van der Waals surface area contributed by atoms with E-state index in [9.17, 15) is 13.2 Å². The number of benzene rings is 3. The fourth-order valence-corrected chi connectivity index (χ4v) is 6.12. The molecular weight excluding hydrogens is 458 g/mol. The topological polar surface area (TPSA) is 79.4 Å². The van der Waals surface area contributed by atoms with E-state index < -0.39 is 10.0 Å². The average Bonchev–Trinajstić information content (AvgIpc) is 3.05. The van der Waals surface area contributed by atoms with Crippen LogP contribution in [0.1, 0.15) is 35.2 Å². The number of nitrogens with zero attached hydrogens (tertiary/aromatic N) is 2. The van der Waals surface area contributed by atoms with Crippen LogP contribution in [0.5, 0.6) is 0 Å². The Morgan fingerprint density at radius 3 is 2.57 bits per heavy atom. The van der Waals surface area contributed by atoms with Gasteiger partial charge in [0.05, 0.1) is 17.1 Å². The largest absolute Gasteiger partial charge is 0.322 e. The fourth-order valence-electron chi connectivity index (χ4n) is 4.48. The molecule has 0 unspecified atom stereocenters. The molecule has 1 aromatic heterocycles. The average molecular weight is 486 g/mol. The summed E-state index contributed by atoms with van der Waals surface area (Å²) in [5.41, 5.74) is 4.50. The zero-order chi connectivity index (χ0) is 24.4. The molecule has 7 heteroatoms. The van der Waals surface area contributed by atoms with E-state index in [0.29, 0.717) is 29.9 Å². The van der Waals surface area contributed by atoms with Crippen molar-refractivity contribution in [3.8, 4) is 11.3 Å². The number of anilines is 2. The molecule has 1 amide bonds. The van der Waals surface area contributed by atoms with Crippen molar-refractivity contribution in [3.63, 3.8) is 0 Å². The summed E-state index contributed by atoms with van der Waals surface area (Å²) in [6, 6.07) is 22.8. The number of sulfonamides is 1. The molecule has 1 N–H and O–H groups in total. The van der Waals surface area contributed by atoms with Gasteiger partial charge in [-0.05, 0) is 67.1 Å². The van der Waals surface area contributed by atoms with E-state index in [0.717, 1.165) is 40.4 Å². The number of nitrogens with one attached hydrogen (secondary N) is 1. The third-order valence-electron chi connectivity index (χ3n) is 6.45. The summed E-state index contributed by atoms with van der Waals surface area (Å²) in [5.74, 6) is -0.0856. The molecular formula is C28H27N3O3S. The number of amides is 1. The highest BCUT2D eigenvalue weighted by Crippen LogP contribution is 2.30. The van der Waals surface area contributed by atoms with Crippen LogP contribution < -0.4 is 9.62 Å². The van der Waals surface area contributed by atoms with Crippen LogP contribution in [0.3, 0.4) is 0 Å². The third kappa shape index (κ3) is 4.77. The Bertz CT molecular complexity index is 1490. The Labute approximate surface area is 205 Å². The highest BCUT2D eigenvalue weighted by Gasteiger charge is 2.24. The van der Waals surface area contributed by atoms with Crippen molar-refractivity contribution >= 4 is 38.1 Å². The predicted molar refractivity (Wildman–Crippen MR) is 141 cm³/mol. The lowest BCUT2D eigenvalue weighted by atomic mass is 10.0. The van der Waals surface area contributed by atoms with Gasteiger partial charge in [0, 0.05) is 34.9 Å². The number of aromatic nitrogens is 1. The van der Waals surface area contributed by atoms with E-state index >= 15 is 0 Å². The number of rotatable bonds is 4. The molecule has 0 atom stereocenters. The van der Waals surface area contributed by atoms with Crippen LogP contribution in [0.2, 0.25) is 0 Å². The number of carbonyl (C=O) groups excluding carboxylic acids is 1. The first kappa shape index (κ1) is 23.1. The van der Waals surface area contributed by atoms with Gasteiger partial charge in [0.15, 0.2) is 0 Å². The maximum absolute atomic E-state index is 13.0. The van der Waals surface area contributed by atoms with Crippen LogP contribution in [0.15, 0.2) is 79.0 Å². The fraction of sp³-hybridized carbons (Fsp3) is 0.214. The summed E-state index contributed by atoms with van der Waals surface area (Å²) >= 11 is 0. The number of hydrogen-bond donors (Lipinski definition) is 1. The minimum Gasteiger partial charge on any atom is -0.322 e. The van der Waals surface area contributed by atoms with Crippen LogP contribution in [0, 0.1) is 6.92 Å². The zero-order valence-corrected chi connectivity index (χ0v) is 20.4. The molecule has 3 aromatic carbocycles. The monoisotopic (exact) mass is 485 g/mol. The smallest absolute Gasteiger partial charge is 0.255 e. The van der Waals surface area contributed by atoms with Gasteiger partial charge in [-0.1, -0.05) is 42.8 Å². The number of aryl methyl sites for hydroxylation is 1. The highest BCUT2D eigenvalue weighted by molar-refractivity contribution is 7.92. The molecule has 4 aromatic rings. The Kier molecular flexibility index (Phi) is 6.26. The second kappa shape index (κ2) is 9.50. The number of carbonyl (C=O) groups is 1. The van der Waals surface area contributed by atoms with Gasteiger partial charge in [-0.2, -0.15) is 0 Å². The van der Waals surface area contributed by atoms with E-state index in [-0.39, 0.29) is 11.7 Å². The minimum atomic E-state index is -3.32. The van der Waals surface area contributed by atoms with Gasteiger partial charge < -0.3 is 5.32 Å². The van der Waals surface area contributed by atoms with Crippen molar-refractivity contribution in [2.45, 2.75) is 26.2 Å². The molecule has 0 radical (unpaired) electrons. The quantitative estimate of drug-likeness (QED) is 0.397. The van der Waals surface area contributed by atoms with Gasteiger partial charge in [-0.25, -0.2) is 8.42 Å². The summed E-state index contributed by atoms with van der Waals surface area (Å²) in [7, 11) is -3.32. The van der Waals surface area contributed by atoms with E-state index in [1.54, 1.807) is 30.5 Å². The molecule has 1 fully saturated rings. The second-order valence-electron chi connectivity index (χ2n) is 8.86. The van der Waals surface area contributed by atoms with E-state index in [4.69, 9.17) is 0 Å². The summed E-state index contributed by atoms with van der Waals surface area (Å²) in [4.78, 5) is 17.6. The molecule has 6 nitrogen and oxygen atoms in total. The SMILES string of the molecule is Cc1ccc(-c2nccc3ccccc23)cc1NC(=O)c1ccc(N2CCCCCS2(=O)=O)cc1. The van der Waals surface area contributed by atoms with Crippen molar-refractivity contribution in [2.24, 2.45) is 0 Å². The maximum Gasteiger partial charge on any atom is 0.255 e. The van der Waals surface area contributed by atoms with Crippen molar-refractivity contribution < 1.29 is 13.2 Å². The van der Waals surface area contributed by atoms with Crippen molar-refractivity contribution in [1.29, 1.82) is 0 Å². The Balaban J connectivity index is 1.39. The molecule has 1 saturated heterocycles. The third-order valence-corrected chi connectivity index (χ3v) is 8.32. The first-order valence-electron chi connectivity index (χ1n) is 11.8. The van der Waals surface area contributed by atoms with Gasteiger partial charge in [0.25, 0.3) is 5.91 Å². The van der Waals surface area contributed by atoms with Gasteiger partial charge in [-0.3, -0.25) is 14.1 Å². The van der Waals surface area contributed by atoms with E-state index in [2.05, 4.69) is 16.4 Å². The molecule has 1 aliphatic heterocycles. The molecule has 0 saturated carbocycles. The molecule has 0 bridgehead atoms. The summed E-state index contributed by atoms with van der Waals surface area (Å²) in [6.45, 7) is 2.42. The van der Waals surface area contributed by atoms with Crippen molar-refractivity contribution in [2.75, 3.05) is 21.9 Å². The van der Waals surface area contributed by atoms with E-state index in [1.165, 1.54) is 4.31 Å². The molecule has 35 heavy (non-hydrogen) atoms. The summed E-state index contributed by atoms with van der Waals surface area (Å²) in [6.07, 6.45) is 4.22. The minimum absolute atomic E-state index is 0.163. The van der Waals surface area contributed by atoms with Crippen LogP contribution in [0.25, 0.3) is 22.0 Å². The summed E-state index contributed by atoms with van der Waals surface area (Å²) in [5, 5.41) is 5.17. The zero-order valence-electron chi connectivity index (χ0n) is 19.6. The van der Waals surface area contributed by atoms with Crippen LogP contribution in [-0.2, 0) is 10.0 Å². The lowest BCUT2D eigenvalue weighted by molar-refractivity contribution is 0.102. The van der Waals surface area contributed by atoms with Gasteiger partial charge in [0.2, 0.25) is 10.0 Å². The standard InChI is InChI=1S/C28H27N3O3S/c1-20-9-10-23(27-25-8-4-3-7-21(25)15-16-29-27)19-26(20)30-28(32)22-11-13-24(14-12-22)31-17-5-2-6-18-35(31,33)34/h3-4,7-16,19H,2,5-6,17-18H2,1H3,(H,30,32). The molecule has 0 spiro atoms. The number of fused-ring (bicyclic) bond motifs is 1. The lowest BCUT2D eigenvalue weighted by Crippen LogP contribution is -2.32. The molecule has 1 aliphatic rings. The lowest BCUT2D eigenvalue weighted by Gasteiger charge is -2.22. The molecule has 5 rings (SSSR count).